The summed E-state index contributed by atoms with van der Waals surface area (Å²) in [5.74, 6) is 0.469. The second-order valence-corrected chi connectivity index (χ2v) is 5.14. The van der Waals surface area contributed by atoms with Gasteiger partial charge in [0.05, 0.1) is 10.7 Å². The van der Waals surface area contributed by atoms with Gasteiger partial charge in [0.15, 0.2) is 5.82 Å². The molecule has 0 unspecified atom stereocenters. The fourth-order valence-electron chi connectivity index (χ4n) is 2.45. The van der Waals surface area contributed by atoms with Crippen molar-refractivity contribution in [2.45, 2.75) is 32.1 Å². The third-order valence-electron chi connectivity index (χ3n) is 3.42. The molecule has 4 nitrogen and oxygen atoms in total. The molecule has 0 saturated heterocycles. The third-order valence-corrected chi connectivity index (χ3v) is 3.73. The van der Waals surface area contributed by atoms with Crippen molar-refractivity contribution in [3.8, 4) is 11.5 Å². The van der Waals surface area contributed by atoms with Crippen molar-refractivity contribution in [2.75, 3.05) is 0 Å². The quantitative estimate of drug-likeness (QED) is 0.814. The Morgan fingerprint density at radius 1 is 1.21 bits per heavy atom. The number of hydrogen-bond donors (Lipinski definition) is 1. The van der Waals surface area contributed by atoms with Crippen LogP contribution in [0.15, 0.2) is 23.1 Å². The lowest BCUT2D eigenvalue weighted by molar-refractivity contribution is 0.708. The summed E-state index contributed by atoms with van der Waals surface area (Å²) >= 11 is 6.10. The van der Waals surface area contributed by atoms with Crippen molar-refractivity contribution in [1.29, 1.82) is 0 Å². The molecule has 0 aromatic carbocycles. The lowest BCUT2D eigenvalue weighted by atomic mass is 10.1. The van der Waals surface area contributed by atoms with Crippen LogP contribution in [0.3, 0.4) is 0 Å². The monoisotopic (exact) mass is 275 g/mol. The van der Waals surface area contributed by atoms with Crippen LogP contribution in [0.5, 0.6) is 0 Å². The molecular weight excluding hydrogens is 262 g/mol. The molecule has 98 valence electrons. The van der Waals surface area contributed by atoms with Gasteiger partial charge in [0, 0.05) is 11.8 Å². The fourth-order valence-corrected chi connectivity index (χ4v) is 2.66. The molecule has 1 aliphatic carbocycles. The minimum atomic E-state index is -0.0522. The number of aromatic nitrogens is 3. The summed E-state index contributed by atoms with van der Waals surface area (Å²) in [6.07, 6.45) is 6.60. The van der Waals surface area contributed by atoms with E-state index < -0.39 is 0 Å². The van der Waals surface area contributed by atoms with E-state index in [1.54, 1.807) is 18.3 Å². The van der Waals surface area contributed by atoms with E-state index in [0.29, 0.717) is 16.5 Å². The van der Waals surface area contributed by atoms with E-state index in [1.165, 1.54) is 0 Å². The zero-order valence-electron chi connectivity index (χ0n) is 10.4. The summed E-state index contributed by atoms with van der Waals surface area (Å²) in [7, 11) is 0. The zero-order valence-corrected chi connectivity index (χ0v) is 11.2. The predicted molar refractivity (Wildman–Crippen MR) is 74.4 cm³/mol. The molecule has 0 aliphatic heterocycles. The van der Waals surface area contributed by atoms with Crippen molar-refractivity contribution in [3.63, 3.8) is 0 Å². The molecule has 0 atom stereocenters. The molecule has 1 N–H and O–H groups in total. The molecule has 0 bridgehead atoms. The molecule has 19 heavy (non-hydrogen) atoms. The molecule has 0 spiro atoms. The Bertz CT molecular complexity index is 666. The van der Waals surface area contributed by atoms with Crippen molar-refractivity contribution in [1.82, 2.24) is 15.0 Å². The van der Waals surface area contributed by atoms with E-state index >= 15 is 0 Å². The third kappa shape index (κ3) is 2.40. The van der Waals surface area contributed by atoms with Gasteiger partial charge < -0.3 is 4.98 Å². The van der Waals surface area contributed by atoms with Gasteiger partial charge in [-0.3, -0.25) is 9.78 Å². The first-order valence-electron chi connectivity index (χ1n) is 6.48. The number of fused-ring (bicyclic) bond motifs is 1. The van der Waals surface area contributed by atoms with E-state index in [1.807, 2.05) is 0 Å². The van der Waals surface area contributed by atoms with Crippen LogP contribution >= 0.6 is 11.6 Å². The van der Waals surface area contributed by atoms with Gasteiger partial charge in [-0.15, -0.1) is 0 Å². The highest BCUT2D eigenvalue weighted by Gasteiger charge is 2.16. The van der Waals surface area contributed by atoms with Gasteiger partial charge in [-0.25, -0.2) is 4.98 Å². The highest BCUT2D eigenvalue weighted by atomic mass is 35.5. The Hall–Kier alpha value is -1.68. The number of rotatable bonds is 1. The van der Waals surface area contributed by atoms with Crippen molar-refractivity contribution >= 4 is 11.6 Å². The maximum atomic E-state index is 12.2. The van der Waals surface area contributed by atoms with Gasteiger partial charge in [0.25, 0.3) is 5.56 Å². The molecular formula is C14H14ClN3O. The SMILES string of the molecule is O=c1[nH]c(-c2ncccc2Cl)nc2c1CCCCC2. The van der Waals surface area contributed by atoms with Gasteiger partial charge in [-0.05, 0) is 37.8 Å². The highest BCUT2D eigenvalue weighted by Crippen LogP contribution is 2.23. The molecule has 3 rings (SSSR count). The second-order valence-electron chi connectivity index (χ2n) is 4.73. The molecule has 0 saturated carbocycles. The van der Waals surface area contributed by atoms with Crippen molar-refractivity contribution in [3.05, 3.63) is 45.0 Å². The zero-order chi connectivity index (χ0) is 13.2. The van der Waals surface area contributed by atoms with Gasteiger partial charge >= 0.3 is 0 Å². The van der Waals surface area contributed by atoms with Crippen molar-refractivity contribution < 1.29 is 0 Å². The largest absolute Gasteiger partial charge is 0.305 e. The van der Waals surface area contributed by atoms with Crippen LogP contribution < -0.4 is 5.56 Å². The van der Waals surface area contributed by atoms with Gasteiger partial charge in [-0.1, -0.05) is 18.0 Å². The van der Waals surface area contributed by atoms with Gasteiger partial charge in [0.1, 0.15) is 5.69 Å². The predicted octanol–water partition coefficient (Wildman–Crippen LogP) is 2.75. The number of hydrogen-bond acceptors (Lipinski definition) is 3. The standard InChI is InChI=1S/C14H14ClN3O/c15-10-6-4-8-16-12(10)13-17-11-7-3-1-2-5-9(11)14(19)18-13/h4,6,8H,1-3,5,7H2,(H,17,18,19). The van der Waals surface area contributed by atoms with Crippen LogP contribution in [0, 0.1) is 0 Å². The first-order chi connectivity index (χ1) is 9.25. The van der Waals surface area contributed by atoms with E-state index in [9.17, 15) is 4.79 Å². The first kappa shape index (κ1) is 12.4. The summed E-state index contributed by atoms with van der Waals surface area (Å²) in [6, 6.07) is 3.50. The van der Waals surface area contributed by atoms with Crippen LogP contribution in [-0.2, 0) is 12.8 Å². The van der Waals surface area contributed by atoms with E-state index in [4.69, 9.17) is 11.6 Å². The molecule has 2 heterocycles. The topological polar surface area (TPSA) is 58.6 Å². The number of aromatic amines is 1. The Morgan fingerprint density at radius 2 is 2.05 bits per heavy atom. The summed E-state index contributed by atoms with van der Waals surface area (Å²) in [5, 5.41) is 0.499. The Balaban J connectivity index is 2.15. The van der Waals surface area contributed by atoms with E-state index in [2.05, 4.69) is 15.0 Å². The highest BCUT2D eigenvalue weighted by molar-refractivity contribution is 6.32. The molecule has 0 fully saturated rings. The summed E-state index contributed by atoms with van der Waals surface area (Å²) in [6.45, 7) is 0. The Morgan fingerprint density at radius 3 is 2.89 bits per heavy atom. The van der Waals surface area contributed by atoms with Crippen LogP contribution in [0.2, 0.25) is 5.02 Å². The van der Waals surface area contributed by atoms with Crippen LogP contribution in [-0.4, -0.2) is 15.0 Å². The molecule has 2 aromatic heterocycles. The number of aryl methyl sites for hydroxylation is 1. The number of halogens is 1. The second kappa shape index (κ2) is 5.13. The van der Waals surface area contributed by atoms with E-state index in [0.717, 1.165) is 43.4 Å². The first-order valence-corrected chi connectivity index (χ1v) is 6.86. The maximum Gasteiger partial charge on any atom is 0.254 e. The van der Waals surface area contributed by atoms with E-state index in [-0.39, 0.29) is 5.56 Å². The van der Waals surface area contributed by atoms with Gasteiger partial charge in [0.2, 0.25) is 0 Å². The maximum absolute atomic E-state index is 12.2. The fraction of sp³-hybridized carbons (Fsp3) is 0.357. The lowest BCUT2D eigenvalue weighted by Gasteiger charge is -2.07. The molecule has 0 radical (unpaired) electrons. The van der Waals surface area contributed by atoms with Gasteiger partial charge in [-0.2, -0.15) is 0 Å². The molecule has 1 aliphatic rings. The number of nitrogens with zero attached hydrogens (tertiary/aromatic N) is 2. The Labute approximate surface area is 115 Å². The average molecular weight is 276 g/mol. The summed E-state index contributed by atoms with van der Waals surface area (Å²) < 4.78 is 0. The minimum absolute atomic E-state index is 0.0522. The summed E-state index contributed by atoms with van der Waals surface area (Å²) in [5.41, 5.74) is 2.21. The molecule has 2 aromatic rings. The number of pyridine rings is 1. The smallest absolute Gasteiger partial charge is 0.254 e. The normalized spacial score (nSPS) is 14.8. The van der Waals surface area contributed by atoms with Crippen LogP contribution in [0.4, 0.5) is 0 Å². The van der Waals surface area contributed by atoms with Crippen molar-refractivity contribution in [2.24, 2.45) is 0 Å². The number of H-pyrrole nitrogens is 1. The lowest BCUT2D eigenvalue weighted by Crippen LogP contribution is -2.18. The average Bonchev–Trinajstić information content (AvgIpc) is 2.65. The summed E-state index contributed by atoms with van der Waals surface area (Å²) in [4.78, 5) is 23.7. The number of nitrogens with one attached hydrogen (secondary N) is 1. The Kier molecular flexibility index (Phi) is 3.34. The molecule has 0 amide bonds. The van der Waals surface area contributed by atoms with Crippen LogP contribution in [0.1, 0.15) is 30.5 Å². The molecule has 5 heteroatoms. The minimum Gasteiger partial charge on any atom is -0.305 e. The van der Waals surface area contributed by atoms with Crippen LogP contribution in [0.25, 0.3) is 11.5 Å².